The van der Waals surface area contributed by atoms with E-state index in [1.165, 1.54) is 29.6 Å². The third-order valence-corrected chi connectivity index (χ3v) is 8.61. The van der Waals surface area contributed by atoms with Crippen molar-refractivity contribution >= 4 is 16.0 Å². The zero-order valence-electron chi connectivity index (χ0n) is 22.7. The average molecular weight is 591 g/mol. The van der Waals surface area contributed by atoms with E-state index in [-0.39, 0.29) is 36.4 Å². The van der Waals surface area contributed by atoms with Crippen molar-refractivity contribution in [2.75, 3.05) is 46.9 Å². The molecular formula is C29H32F2N2O7S. The van der Waals surface area contributed by atoms with Gasteiger partial charge in [0.2, 0.25) is 10.0 Å². The third kappa shape index (κ3) is 8.00. The molecule has 41 heavy (non-hydrogen) atoms. The molecule has 9 nitrogen and oxygen atoms in total. The van der Waals surface area contributed by atoms with Gasteiger partial charge in [-0.1, -0.05) is 30.3 Å². The molecule has 1 saturated heterocycles. The molecule has 1 aliphatic heterocycles. The summed E-state index contributed by atoms with van der Waals surface area (Å²) in [4.78, 5) is 13.8. The van der Waals surface area contributed by atoms with E-state index in [1.807, 2.05) is 24.3 Å². The van der Waals surface area contributed by atoms with Crippen molar-refractivity contribution in [1.29, 1.82) is 0 Å². The molecule has 1 heterocycles. The van der Waals surface area contributed by atoms with E-state index < -0.39 is 22.6 Å². The Hall–Kier alpha value is -3.58. The van der Waals surface area contributed by atoms with Gasteiger partial charge in [0.15, 0.2) is 0 Å². The first-order valence-corrected chi connectivity index (χ1v) is 14.3. The summed E-state index contributed by atoms with van der Waals surface area (Å²) in [6.45, 7) is -0.915. The topological polar surface area (TPSA) is 94.6 Å². The van der Waals surface area contributed by atoms with Gasteiger partial charge in [-0.25, -0.2) is 13.2 Å². The number of hydrogen-bond donors (Lipinski definition) is 0. The van der Waals surface area contributed by atoms with E-state index in [4.69, 9.17) is 14.2 Å². The SMILES string of the molecule is COC(=O)c1ccc(CO[C@@H](CN2CCN(S(=O)(=O)c3cccc(OC(F)F)c3)CC2)c2cccc(OC)c2)cc1. The number of carbonyl (C=O) groups is 1. The molecular weight excluding hydrogens is 558 g/mol. The molecule has 4 rings (SSSR count). The Labute approximate surface area is 238 Å². The Balaban J connectivity index is 1.42. The molecule has 1 atom stereocenters. The van der Waals surface area contributed by atoms with E-state index in [1.54, 1.807) is 31.4 Å². The van der Waals surface area contributed by atoms with Gasteiger partial charge in [0.05, 0.1) is 37.4 Å². The molecule has 220 valence electrons. The van der Waals surface area contributed by atoms with Gasteiger partial charge < -0.3 is 18.9 Å². The van der Waals surface area contributed by atoms with Crippen molar-refractivity contribution in [3.05, 3.63) is 89.5 Å². The van der Waals surface area contributed by atoms with Crippen molar-refractivity contribution in [3.8, 4) is 11.5 Å². The van der Waals surface area contributed by atoms with Crippen LogP contribution in [0, 0.1) is 0 Å². The summed E-state index contributed by atoms with van der Waals surface area (Å²) in [5.74, 6) is 0.0625. The lowest BCUT2D eigenvalue weighted by molar-refractivity contribution is -0.0500. The molecule has 0 aromatic heterocycles. The molecule has 3 aromatic carbocycles. The van der Waals surface area contributed by atoms with Crippen LogP contribution in [0.15, 0.2) is 77.7 Å². The molecule has 0 unspecified atom stereocenters. The van der Waals surface area contributed by atoms with E-state index in [0.717, 1.165) is 17.2 Å². The first kappa shape index (κ1) is 30.4. The van der Waals surface area contributed by atoms with Gasteiger partial charge in [0.25, 0.3) is 0 Å². The van der Waals surface area contributed by atoms with Gasteiger partial charge in [-0.05, 0) is 47.5 Å². The largest absolute Gasteiger partial charge is 0.497 e. The van der Waals surface area contributed by atoms with Crippen LogP contribution in [0.2, 0.25) is 0 Å². The zero-order valence-corrected chi connectivity index (χ0v) is 23.6. The molecule has 1 aliphatic rings. The van der Waals surface area contributed by atoms with Crippen molar-refractivity contribution < 1.29 is 40.9 Å². The number of alkyl halides is 2. The van der Waals surface area contributed by atoms with Crippen LogP contribution in [-0.4, -0.2) is 77.1 Å². The van der Waals surface area contributed by atoms with Crippen LogP contribution >= 0.6 is 0 Å². The number of nitrogens with zero attached hydrogens (tertiary/aromatic N) is 2. The first-order chi connectivity index (χ1) is 19.7. The molecule has 12 heteroatoms. The number of rotatable bonds is 12. The van der Waals surface area contributed by atoms with Gasteiger partial charge in [0.1, 0.15) is 11.5 Å². The summed E-state index contributed by atoms with van der Waals surface area (Å²) in [5.41, 5.74) is 2.22. The number of ether oxygens (including phenoxy) is 4. The van der Waals surface area contributed by atoms with Crippen LogP contribution in [0.4, 0.5) is 8.78 Å². The average Bonchev–Trinajstić information content (AvgIpc) is 2.99. The molecule has 0 N–H and O–H groups in total. The van der Waals surface area contributed by atoms with Crippen molar-refractivity contribution in [2.24, 2.45) is 0 Å². The van der Waals surface area contributed by atoms with Gasteiger partial charge >= 0.3 is 12.6 Å². The highest BCUT2D eigenvalue weighted by molar-refractivity contribution is 7.89. The molecule has 0 spiro atoms. The standard InChI is InChI=1S/C29H32F2N2O7S/c1-37-24-6-3-5-23(17-24)27(39-20-21-9-11-22(12-10-21)28(34)38-2)19-32-13-15-33(16-14-32)41(35,36)26-8-4-7-25(18-26)40-29(30)31/h3-12,17-18,27,29H,13-16,19-20H2,1-2H3/t27-/m0/s1. The van der Waals surface area contributed by atoms with E-state index in [9.17, 15) is 22.0 Å². The van der Waals surface area contributed by atoms with Gasteiger partial charge in [-0.15, -0.1) is 0 Å². The monoisotopic (exact) mass is 590 g/mol. The predicted molar refractivity (Wildman–Crippen MR) is 147 cm³/mol. The number of carbonyl (C=O) groups excluding carboxylic acids is 1. The Morgan fingerprint density at radius 2 is 1.59 bits per heavy atom. The molecule has 0 amide bonds. The summed E-state index contributed by atoms with van der Waals surface area (Å²) in [6.07, 6.45) is -0.350. The zero-order chi connectivity index (χ0) is 29.4. The van der Waals surface area contributed by atoms with Crippen LogP contribution in [0.3, 0.4) is 0 Å². The Morgan fingerprint density at radius 3 is 2.24 bits per heavy atom. The van der Waals surface area contributed by atoms with Crippen LogP contribution in [0.5, 0.6) is 11.5 Å². The van der Waals surface area contributed by atoms with Gasteiger partial charge in [0, 0.05) is 38.8 Å². The summed E-state index contributed by atoms with van der Waals surface area (Å²) in [7, 11) is -0.970. The van der Waals surface area contributed by atoms with Crippen LogP contribution in [-0.2, 0) is 26.1 Å². The maximum atomic E-state index is 13.2. The highest BCUT2D eigenvalue weighted by Gasteiger charge is 2.30. The molecule has 0 bridgehead atoms. The second-order valence-corrected chi connectivity index (χ2v) is 11.3. The van der Waals surface area contributed by atoms with E-state index >= 15 is 0 Å². The minimum Gasteiger partial charge on any atom is -0.497 e. The lowest BCUT2D eigenvalue weighted by Gasteiger charge is -2.36. The van der Waals surface area contributed by atoms with Crippen LogP contribution < -0.4 is 9.47 Å². The summed E-state index contributed by atoms with van der Waals surface area (Å²) >= 11 is 0. The minimum absolute atomic E-state index is 0.0973. The Morgan fingerprint density at radius 1 is 0.902 bits per heavy atom. The second-order valence-electron chi connectivity index (χ2n) is 9.32. The molecule has 1 fully saturated rings. The number of benzene rings is 3. The molecule has 0 aliphatic carbocycles. The molecule has 3 aromatic rings. The fourth-order valence-electron chi connectivity index (χ4n) is 4.49. The lowest BCUT2D eigenvalue weighted by atomic mass is 10.1. The smallest absolute Gasteiger partial charge is 0.387 e. The van der Waals surface area contributed by atoms with Crippen LogP contribution in [0.25, 0.3) is 0 Å². The fourth-order valence-corrected chi connectivity index (χ4v) is 5.95. The maximum Gasteiger partial charge on any atom is 0.387 e. The van der Waals surface area contributed by atoms with Gasteiger partial charge in [-0.2, -0.15) is 13.1 Å². The lowest BCUT2D eigenvalue weighted by Crippen LogP contribution is -2.49. The Kier molecular flexibility index (Phi) is 10.3. The molecule has 0 saturated carbocycles. The number of sulfonamides is 1. The normalized spacial score (nSPS) is 15.4. The predicted octanol–water partition coefficient (Wildman–Crippen LogP) is 4.35. The maximum absolute atomic E-state index is 13.2. The minimum atomic E-state index is -3.89. The number of hydrogen-bond acceptors (Lipinski definition) is 8. The summed E-state index contributed by atoms with van der Waals surface area (Å²) in [6, 6.07) is 19.7. The number of methoxy groups -OCH3 is 2. The number of halogens is 2. The third-order valence-electron chi connectivity index (χ3n) is 6.72. The summed E-state index contributed by atoms with van der Waals surface area (Å²) in [5, 5.41) is 0. The fraction of sp³-hybridized carbons (Fsp3) is 0.345. The quantitative estimate of drug-likeness (QED) is 0.288. The van der Waals surface area contributed by atoms with Crippen molar-refractivity contribution in [2.45, 2.75) is 24.2 Å². The number of esters is 1. The highest BCUT2D eigenvalue weighted by Crippen LogP contribution is 2.27. The molecule has 0 radical (unpaired) electrons. The highest BCUT2D eigenvalue weighted by atomic mass is 32.2. The van der Waals surface area contributed by atoms with E-state index in [0.29, 0.717) is 30.9 Å². The number of piperazine rings is 1. The summed E-state index contributed by atoms with van der Waals surface area (Å²) < 4.78 is 73.8. The van der Waals surface area contributed by atoms with Crippen LogP contribution in [0.1, 0.15) is 27.6 Å². The van der Waals surface area contributed by atoms with Gasteiger partial charge in [-0.3, -0.25) is 4.90 Å². The van der Waals surface area contributed by atoms with E-state index in [2.05, 4.69) is 9.64 Å². The Bertz CT molecular complexity index is 1410. The second kappa shape index (κ2) is 13.9. The van der Waals surface area contributed by atoms with Crippen molar-refractivity contribution in [3.63, 3.8) is 0 Å². The van der Waals surface area contributed by atoms with Crippen molar-refractivity contribution in [1.82, 2.24) is 9.21 Å². The first-order valence-electron chi connectivity index (χ1n) is 12.9.